The van der Waals surface area contributed by atoms with Crippen LogP contribution < -0.4 is 10.6 Å². The van der Waals surface area contributed by atoms with E-state index < -0.39 is 5.97 Å². The van der Waals surface area contributed by atoms with Crippen LogP contribution >= 0.6 is 11.6 Å². The molecule has 9 heteroatoms. The number of carbonyl (C=O) groups is 1. The van der Waals surface area contributed by atoms with Crippen LogP contribution in [0.4, 0.5) is 17.6 Å². The van der Waals surface area contributed by atoms with Gasteiger partial charge in [-0.05, 0) is 44.2 Å². The monoisotopic (exact) mass is 428 g/mol. The number of esters is 1. The lowest BCUT2D eigenvalue weighted by Gasteiger charge is -2.12. The Bertz CT molecular complexity index is 997. The molecule has 0 aliphatic rings. The van der Waals surface area contributed by atoms with E-state index in [0.29, 0.717) is 39.8 Å². The van der Waals surface area contributed by atoms with Crippen LogP contribution in [-0.2, 0) is 4.74 Å². The van der Waals surface area contributed by atoms with Crippen molar-refractivity contribution in [3.63, 3.8) is 0 Å². The van der Waals surface area contributed by atoms with Gasteiger partial charge < -0.3 is 15.4 Å². The van der Waals surface area contributed by atoms with Gasteiger partial charge in [0.2, 0.25) is 11.9 Å². The Hall–Kier alpha value is -3.26. The van der Waals surface area contributed by atoms with Gasteiger partial charge in [-0.15, -0.1) is 0 Å². The van der Waals surface area contributed by atoms with E-state index in [1.165, 1.54) is 7.11 Å². The maximum absolute atomic E-state index is 11.7. The van der Waals surface area contributed by atoms with Gasteiger partial charge in [-0.2, -0.15) is 15.0 Å². The van der Waals surface area contributed by atoms with E-state index in [4.69, 9.17) is 16.3 Å². The van der Waals surface area contributed by atoms with Crippen LogP contribution in [0, 0.1) is 0 Å². The molecule has 0 aliphatic carbocycles. The number of halogens is 1. The summed E-state index contributed by atoms with van der Waals surface area (Å²) < 4.78 is 4.75. The second kappa shape index (κ2) is 11.1. The Labute approximate surface area is 181 Å². The molecule has 2 heterocycles. The van der Waals surface area contributed by atoms with Crippen LogP contribution in [0.1, 0.15) is 38.1 Å². The number of methoxy groups -OCH3 is 1. The fraction of sp³-hybridized carbons (Fsp3) is 0.286. The summed E-state index contributed by atoms with van der Waals surface area (Å²) in [7, 11) is 1.34. The number of nitrogens with zero attached hydrogens (tertiary/aromatic N) is 4. The highest BCUT2D eigenvalue weighted by Crippen LogP contribution is 2.21. The van der Waals surface area contributed by atoms with Gasteiger partial charge in [0.1, 0.15) is 10.8 Å². The second-order valence-electron chi connectivity index (χ2n) is 6.15. The molecular formula is C21H25ClN6O2. The molecule has 0 radical (unpaired) electrons. The molecule has 3 rings (SSSR count). The lowest BCUT2D eigenvalue weighted by Crippen LogP contribution is -2.14. The van der Waals surface area contributed by atoms with Crippen LogP contribution in [0.2, 0.25) is 5.15 Å². The van der Waals surface area contributed by atoms with Gasteiger partial charge in [0, 0.05) is 11.7 Å². The maximum atomic E-state index is 11.7. The lowest BCUT2D eigenvalue weighted by molar-refractivity contribution is 0.0601. The smallest absolute Gasteiger partial charge is 0.337 e. The Morgan fingerprint density at radius 1 is 1.00 bits per heavy atom. The number of ether oxygens (including phenoxy) is 1. The number of aromatic nitrogens is 4. The molecule has 0 unspecified atom stereocenters. The van der Waals surface area contributed by atoms with E-state index in [2.05, 4.69) is 30.6 Å². The third-order valence-corrected chi connectivity index (χ3v) is 3.75. The topological polar surface area (TPSA) is 102 Å². The molecule has 2 aromatic heterocycles. The highest BCUT2D eigenvalue weighted by Gasteiger charge is 2.12. The first kappa shape index (κ1) is 23.0. The molecule has 0 amide bonds. The molecule has 2 N–H and O–H groups in total. The minimum Gasteiger partial charge on any atom is -0.465 e. The number of benzene rings is 1. The highest BCUT2D eigenvalue weighted by molar-refractivity contribution is 6.29. The molecule has 30 heavy (non-hydrogen) atoms. The summed E-state index contributed by atoms with van der Waals surface area (Å²) in [6.07, 6.45) is 0. The number of anilines is 3. The second-order valence-corrected chi connectivity index (χ2v) is 6.54. The third-order valence-electron chi connectivity index (χ3n) is 3.54. The molecule has 0 saturated heterocycles. The molecule has 0 atom stereocenters. The number of pyridine rings is 1. The van der Waals surface area contributed by atoms with Crippen molar-refractivity contribution in [3.05, 3.63) is 53.2 Å². The summed E-state index contributed by atoms with van der Waals surface area (Å²) >= 11 is 5.99. The van der Waals surface area contributed by atoms with Crippen LogP contribution in [-0.4, -0.2) is 39.1 Å². The summed E-state index contributed by atoms with van der Waals surface area (Å²) in [6, 6.07) is 12.2. The third kappa shape index (κ3) is 6.38. The zero-order valence-corrected chi connectivity index (χ0v) is 18.4. The maximum Gasteiger partial charge on any atom is 0.337 e. The molecule has 0 aliphatic heterocycles. The minimum atomic E-state index is -0.426. The fourth-order valence-corrected chi connectivity index (χ4v) is 2.54. The predicted octanol–water partition coefficient (Wildman–Crippen LogP) is 4.96. The van der Waals surface area contributed by atoms with Crippen molar-refractivity contribution >= 4 is 35.2 Å². The van der Waals surface area contributed by atoms with Crippen LogP contribution in [0.15, 0.2) is 42.5 Å². The standard InChI is InChI=1S/C19H19ClN6O2.C2H6/c1-11(2)21-18-24-16(14-8-5-9-15(20)23-14)25-19(26-18)22-13-7-4-6-12(10-13)17(27)28-3;1-2/h4-11H,1-3H3,(H2,21,22,24,25,26);1-2H3. The lowest BCUT2D eigenvalue weighted by atomic mass is 10.2. The SMILES string of the molecule is CC.COC(=O)c1cccc(Nc2nc(NC(C)C)nc(-c3cccc(Cl)n3)n2)c1. The average Bonchev–Trinajstić information content (AvgIpc) is 2.74. The Morgan fingerprint density at radius 2 is 1.70 bits per heavy atom. The number of carbonyl (C=O) groups excluding carboxylic acids is 1. The van der Waals surface area contributed by atoms with Crippen LogP contribution in [0.3, 0.4) is 0 Å². The Kier molecular flexibility index (Phi) is 8.49. The van der Waals surface area contributed by atoms with Crippen molar-refractivity contribution in [1.82, 2.24) is 19.9 Å². The van der Waals surface area contributed by atoms with Gasteiger partial charge in [0.05, 0.1) is 12.7 Å². The van der Waals surface area contributed by atoms with Crippen LogP contribution in [0.25, 0.3) is 11.5 Å². The van der Waals surface area contributed by atoms with Crippen molar-refractivity contribution in [2.24, 2.45) is 0 Å². The summed E-state index contributed by atoms with van der Waals surface area (Å²) in [5.41, 5.74) is 1.57. The van der Waals surface area contributed by atoms with Crippen molar-refractivity contribution in [3.8, 4) is 11.5 Å². The summed E-state index contributed by atoms with van der Waals surface area (Å²) in [5.74, 6) is 0.642. The number of hydrogen-bond donors (Lipinski definition) is 2. The first-order valence-corrected chi connectivity index (χ1v) is 9.93. The molecular weight excluding hydrogens is 404 g/mol. The van der Waals surface area contributed by atoms with Gasteiger partial charge in [-0.25, -0.2) is 9.78 Å². The first-order valence-electron chi connectivity index (χ1n) is 9.55. The van der Waals surface area contributed by atoms with Crippen molar-refractivity contribution in [1.29, 1.82) is 0 Å². The molecule has 3 aromatic rings. The van der Waals surface area contributed by atoms with Gasteiger partial charge >= 0.3 is 5.97 Å². The largest absolute Gasteiger partial charge is 0.465 e. The zero-order chi connectivity index (χ0) is 22.1. The van der Waals surface area contributed by atoms with E-state index >= 15 is 0 Å². The zero-order valence-electron chi connectivity index (χ0n) is 17.6. The summed E-state index contributed by atoms with van der Waals surface area (Å²) in [5, 5.41) is 6.59. The molecule has 158 valence electrons. The summed E-state index contributed by atoms with van der Waals surface area (Å²) in [4.78, 5) is 29.2. The fourth-order valence-electron chi connectivity index (χ4n) is 2.37. The van der Waals surface area contributed by atoms with Crippen molar-refractivity contribution in [2.75, 3.05) is 17.7 Å². The van der Waals surface area contributed by atoms with Crippen LogP contribution in [0.5, 0.6) is 0 Å². The van der Waals surface area contributed by atoms with Crippen molar-refractivity contribution < 1.29 is 9.53 Å². The number of hydrogen-bond acceptors (Lipinski definition) is 8. The van der Waals surface area contributed by atoms with E-state index in [-0.39, 0.29) is 6.04 Å². The molecule has 0 saturated carbocycles. The quantitative estimate of drug-likeness (QED) is 0.419. The summed E-state index contributed by atoms with van der Waals surface area (Å²) in [6.45, 7) is 7.96. The average molecular weight is 429 g/mol. The first-order chi connectivity index (χ1) is 14.4. The predicted molar refractivity (Wildman–Crippen MR) is 119 cm³/mol. The van der Waals surface area contributed by atoms with Crippen molar-refractivity contribution in [2.45, 2.75) is 33.7 Å². The van der Waals surface area contributed by atoms with Gasteiger partial charge in [-0.3, -0.25) is 0 Å². The van der Waals surface area contributed by atoms with E-state index in [1.807, 2.05) is 27.7 Å². The molecule has 0 spiro atoms. The van der Waals surface area contributed by atoms with E-state index in [1.54, 1.807) is 42.5 Å². The van der Waals surface area contributed by atoms with Gasteiger partial charge in [-0.1, -0.05) is 37.6 Å². The van der Waals surface area contributed by atoms with Gasteiger partial charge in [0.25, 0.3) is 0 Å². The molecule has 0 fully saturated rings. The number of rotatable bonds is 6. The van der Waals surface area contributed by atoms with Gasteiger partial charge in [0.15, 0.2) is 5.82 Å². The molecule has 0 bridgehead atoms. The Morgan fingerprint density at radius 3 is 2.37 bits per heavy atom. The number of nitrogens with one attached hydrogen (secondary N) is 2. The molecule has 8 nitrogen and oxygen atoms in total. The van der Waals surface area contributed by atoms with E-state index in [9.17, 15) is 4.79 Å². The Balaban J connectivity index is 0.00000155. The van der Waals surface area contributed by atoms with E-state index in [0.717, 1.165) is 0 Å². The highest BCUT2D eigenvalue weighted by atomic mass is 35.5. The minimum absolute atomic E-state index is 0.123. The molecule has 1 aromatic carbocycles. The normalized spacial score (nSPS) is 10.1.